The van der Waals surface area contributed by atoms with Gasteiger partial charge in [-0.2, -0.15) is 0 Å². The summed E-state index contributed by atoms with van der Waals surface area (Å²) in [4.78, 5) is 73.1. The van der Waals surface area contributed by atoms with Crippen LogP contribution in [0.3, 0.4) is 0 Å². The van der Waals surface area contributed by atoms with Gasteiger partial charge in [-0.05, 0) is 43.4 Å². The van der Waals surface area contributed by atoms with Crippen LogP contribution in [-0.4, -0.2) is 96.7 Å². The Morgan fingerprint density at radius 1 is 0.265 bits per heavy atom. The van der Waals surface area contributed by atoms with Gasteiger partial charge in [-0.3, -0.25) is 37.3 Å². The van der Waals surface area contributed by atoms with Crippen molar-refractivity contribution in [3.8, 4) is 0 Å². The molecule has 2 unspecified atom stereocenters. The van der Waals surface area contributed by atoms with Gasteiger partial charge in [-0.25, -0.2) is 9.13 Å². The topological polar surface area (TPSA) is 237 Å². The van der Waals surface area contributed by atoms with Crippen molar-refractivity contribution in [2.75, 3.05) is 39.6 Å². The van der Waals surface area contributed by atoms with E-state index in [0.717, 1.165) is 108 Å². The highest BCUT2D eigenvalue weighted by Crippen LogP contribution is 2.45. The first-order chi connectivity index (χ1) is 49.2. The molecule has 0 rings (SSSR count). The smallest absolute Gasteiger partial charge is 0.462 e. The molecule has 17 nitrogen and oxygen atoms in total. The second kappa shape index (κ2) is 73.2. The molecule has 0 aliphatic rings. The van der Waals surface area contributed by atoms with Crippen LogP contribution < -0.4 is 0 Å². The number of ether oxygens (including phenoxy) is 4. The van der Waals surface area contributed by atoms with Gasteiger partial charge in [-0.1, -0.05) is 382 Å². The summed E-state index contributed by atoms with van der Waals surface area (Å²) in [5.74, 6) is 0.179. The summed E-state index contributed by atoms with van der Waals surface area (Å²) in [6.45, 7) is 11.9. The van der Waals surface area contributed by atoms with Crippen LogP contribution in [0, 0.1) is 17.8 Å². The summed E-state index contributed by atoms with van der Waals surface area (Å²) in [7, 11) is -9.92. The molecule has 0 bridgehead atoms. The molecule has 3 N–H and O–H groups in total. The molecule has 0 spiro atoms. The first-order valence-electron chi connectivity index (χ1n) is 42.8. The molecule has 0 amide bonds. The van der Waals surface area contributed by atoms with E-state index < -0.39 is 97.5 Å². The number of aliphatic hydroxyl groups is 1. The van der Waals surface area contributed by atoms with E-state index in [2.05, 4.69) is 48.5 Å². The van der Waals surface area contributed by atoms with Gasteiger partial charge in [0.25, 0.3) is 0 Å². The van der Waals surface area contributed by atoms with E-state index in [-0.39, 0.29) is 25.7 Å². The van der Waals surface area contributed by atoms with Gasteiger partial charge in [0.1, 0.15) is 19.3 Å². The maximum Gasteiger partial charge on any atom is 0.472 e. The minimum Gasteiger partial charge on any atom is -0.462 e. The Morgan fingerprint density at radius 2 is 0.451 bits per heavy atom. The van der Waals surface area contributed by atoms with Crippen molar-refractivity contribution in [3.63, 3.8) is 0 Å². The fourth-order valence-corrected chi connectivity index (χ4v) is 14.4. The molecule has 19 heteroatoms. The molecule has 0 aliphatic heterocycles. The number of rotatable bonds is 81. The summed E-state index contributed by atoms with van der Waals surface area (Å²) in [5.41, 5.74) is 0. The average Bonchev–Trinajstić information content (AvgIpc) is 1.00. The Balaban J connectivity index is 5.24. The molecule has 0 radical (unpaired) electrons. The number of unbranched alkanes of at least 4 members (excludes halogenated alkanes) is 49. The van der Waals surface area contributed by atoms with E-state index in [9.17, 15) is 43.2 Å². The summed E-state index contributed by atoms with van der Waals surface area (Å²) in [6, 6.07) is 0. The third-order valence-corrected chi connectivity index (χ3v) is 21.3. The standard InChI is InChI=1S/C83H162O17P2/c1-8-9-10-11-12-13-14-15-16-17-18-19-22-26-32-37-44-52-59-66-82(87)99-78(70-93-80(85)64-57-50-43-36-31-25-23-20-21-24-29-34-40-47-54-61-74(2)3)72-97-101(89,90)95-68-77(84)69-96-102(91,92)98-73-79(71-94-81(86)65-58-51-46-39-42-49-56-63-76(6)7)100-83(88)67-60-53-45-38-33-28-27-30-35-41-48-55-62-75(4)5/h74-79,84H,8-73H2,1-7H3,(H,89,90)(H,91,92)/t77-,78-,79-/m1/s1. The highest BCUT2D eigenvalue weighted by molar-refractivity contribution is 7.47. The number of hydrogen-bond donors (Lipinski definition) is 3. The maximum absolute atomic E-state index is 13.1. The Bertz CT molecular complexity index is 1970. The lowest BCUT2D eigenvalue weighted by Gasteiger charge is -2.21. The largest absolute Gasteiger partial charge is 0.472 e. The van der Waals surface area contributed by atoms with Gasteiger partial charge in [0, 0.05) is 25.7 Å². The molecule has 606 valence electrons. The molecular formula is C83H162O17P2. The predicted molar refractivity (Wildman–Crippen MR) is 418 cm³/mol. The molecule has 0 aromatic rings. The lowest BCUT2D eigenvalue weighted by Crippen LogP contribution is -2.30. The van der Waals surface area contributed by atoms with Gasteiger partial charge in [0.15, 0.2) is 12.2 Å². The normalized spacial score (nSPS) is 13.9. The highest BCUT2D eigenvalue weighted by atomic mass is 31.2. The average molecular weight is 1490 g/mol. The van der Waals surface area contributed by atoms with Gasteiger partial charge < -0.3 is 33.8 Å². The number of esters is 4. The number of phosphoric ester groups is 2. The summed E-state index contributed by atoms with van der Waals surface area (Å²) >= 11 is 0. The molecule has 0 aromatic heterocycles. The third kappa shape index (κ3) is 76.3. The summed E-state index contributed by atoms with van der Waals surface area (Å²) < 4.78 is 68.8. The maximum atomic E-state index is 13.1. The van der Waals surface area contributed by atoms with Crippen molar-refractivity contribution >= 4 is 39.5 Å². The highest BCUT2D eigenvalue weighted by Gasteiger charge is 2.30. The molecular weight excluding hydrogens is 1330 g/mol. The molecule has 5 atom stereocenters. The van der Waals surface area contributed by atoms with Crippen LogP contribution in [0.2, 0.25) is 0 Å². The molecule has 0 heterocycles. The van der Waals surface area contributed by atoms with Gasteiger partial charge in [0.05, 0.1) is 26.4 Å². The first-order valence-corrected chi connectivity index (χ1v) is 45.8. The molecule has 0 fully saturated rings. The Kier molecular flexibility index (Phi) is 71.8. The first kappa shape index (κ1) is 100. The van der Waals surface area contributed by atoms with E-state index in [1.807, 2.05) is 0 Å². The Labute approximate surface area is 626 Å². The fourth-order valence-electron chi connectivity index (χ4n) is 12.8. The second-order valence-electron chi connectivity index (χ2n) is 31.3. The lowest BCUT2D eigenvalue weighted by molar-refractivity contribution is -0.161. The number of hydrogen-bond acceptors (Lipinski definition) is 15. The van der Waals surface area contributed by atoms with Crippen molar-refractivity contribution in [2.45, 2.75) is 452 Å². The van der Waals surface area contributed by atoms with Gasteiger partial charge in [-0.15, -0.1) is 0 Å². The van der Waals surface area contributed by atoms with Gasteiger partial charge in [0.2, 0.25) is 0 Å². The minimum absolute atomic E-state index is 0.106. The van der Waals surface area contributed by atoms with Crippen molar-refractivity contribution in [2.24, 2.45) is 17.8 Å². The van der Waals surface area contributed by atoms with Crippen LogP contribution in [0.5, 0.6) is 0 Å². The molecule has 0 saturated carbocycles. The summed E-state index contributed by atoms with van der Waals surface area (Å²) in [6.07, 6.45) is 62.6. The Hall–Kier alpha value is -1.94. The van der Waals surface area contributed by atoms with Crippen molar-refractivity contribution in [3.05, 3.63) is 0 Å². The molecule has 0 aromatic carbocycles. The third-order valence-electron chi connectivity index (χ3n) is 19.4. The zero-order chi connectivity index (χ0) is 75.1. The quantitative estimate of drug-likeness (QED) is 0.0222. The van der Waals surface area contributed by atoms with E-state index in [1.165, 1.54) is 238 Å². The van der Waals surface area contributed by atoms with Crippen molar-refractivity contribution in [1.29, 1.82) is 0 Å². The molecule has 102 heavy (non-hydrogen) atoms. The Morgan fingerprint density at radius 3 is 0.667 bits per heavy atom. The van der Waals surface area contributed by atoms with Crippen LogP contribution in [0.25, 0.3) is 0 Å². The van der Waals surface area contributed by atoms with Crippen LogP contribution in [0.1, 0.15) is 434 Å². The van der Waals surface area contributed by atoms with Crippen LogP contribution in [0.4, 0.5) is 0 Å². The monoisotopic (exact) mass is 1490 g/mol. The van der Waals surface area contributed by atoms with Crippen LogP contribution in [0.15, 0.2) is 0 Å². The predicted octanol–water partition coefficient (Wildman–Crippen LogP) is 24.9. The number of carbonyl (C=O) groups is 4. The molecule has 0 saturated heterocycles. The van der Waals surface area contributed by atoms with E-state index in [4.69, 9.17) is 37.0 Å². The van der Waals surface area contributed by atoms with Crippen molar-refractivity contribution in [1.82, 2.24) is 0 Å². The second-order valence-corrected chi connectivity index (χ2v) is 34.2. The van der Waals surface area contributed by atoms with Crippen LogP contribution in [-0.2, 0) is 65.4 Å². The number of carbonyl (C=O) groups excluding carboxylic acids is 4. The summed E-state index contributed by atoms with van der Waals surface area (Å²) in [5, 5.41) is 10.7. The van der Waals surface area contributed by atoms with Crippen molar-refractivity contribution < 1.29 is 80.2 Å². The van der Waals surface area contributed by atoms with E-state index in [1.54, 1.807) is 0 Å². The number of aliphatic hydroxyl groups excluding tert-OH is 1. The number of phosphoric acid groups is 2. The zero-order valence-electron chi connectivity index (χ0n) is 67.1. The SMILES string of the molecule is CCCCCCCCCCCCCCCCCCCCCC(=O)O[C@H](COC(=O)CCCCCCCCCCCCCCCCCC(C)C)COP(=O)(O)OC[C@@H](O)COP(=O)(O)OC[C@@H](COC(=O)CCCCCCCCCC(C)C)OC(=O)CCCCCCCCCCCCCCC(C)C. The lowest BCUT2D eigenvalue weighted by atomic mass is 10.0. The van der Waals surface area contributed by atoms with E-state index >= 15 is 0 Å². The fraction of sp³-hybridized carbons (Fsp3) is 0.952. The zero-order valence-corrected chi connectivity index (χ0v) is 68.9. The molecule has 0 aliphatic carbocycles. The van der Waals surface area contributed by atoms with E-state index in [0.29, 0.717) is 31.6 Å². The van der Waals surface area contributed by atoms with Crippen LogP contribution >= 0.6 is 15.6 Å². The van der Waals surface area contributed by atoms with Gasteiger partial charge >= 0.3 is 39.5 Å². The minimum atomic E-state index is -4.96.